The topological polar surface area (TPSA) is 30.7 Å². The molecule has 0 aliphatic heterocycles. The molecule has 0 aliphatic carbocycles. The largest absolute Gasteiger partial charge is 0.302 e. The van der Waals surface area contributed by atoms with Gasteiger partial charge < -0.3 is 4.57 Å². The minimum absolute atomic E-state index is 0.543. The second-order valence-electron chi connectivity index (χ2n) is 7.28. The first-order chi connectivity index (χ1) is 13.7. The molecule has 0 aliphatic rings. The minimum atomic E-state index is 0.543. The summed E-state index contributed by atoms with van der Waals surface area (Å²) in [5, 5.41) is 14.9. The van der Waals surface area contributed by atoms with E-state index >= 15 is 0 Å². The lowest BCUT2D eigenvalue weighted by atomic mass is 10.1. The van der Waals surface area contributed by atoms with Gasteiger partial charge in [-0.25, -0.2) is 0 Å². The van der Waals surface area contributed by atoms with Crippen molar-refractivity contribution in [3.05, 3.63) is 64.4 Å². The van der Waals surface area contributed by atoms with Gasteiger partial charge in [0, 0.05) is 28.1 Å². The van der Waals surface area contributed by atoms with E-state index in [9.17, 15) is 0 Å². The van der Waals surface area contributed by atoms with Crippen LogP contribution in [0.1, 0.15) is 43.6 Å². The summed E-state index contributed by atoms with van der Waals surface area (Å²) in [7, 11) is 0. The predicted molar refractivity (Wildman–Crippen MR) is 121 cm³/mol. The highest BCUT2D eigenvalue weighted by molar-refractivity contribution is 7.98. The Bertz CT molecular complexity index is 1070. The van der Waals surface area contributed by atoms with Crippen molar-refractivity contribution >= 4 is 33.9 Å². The van der Waals surface area contributed by atoms with Crippen molar-refractivity contribution in [2.24, 2.45) is 0 Å². The van der Waals surface area contributed by atoms with E-state index in [4.69, 9.17) is 0 Å². The number of nitrogens with zero attached hydrogens (tertiary/aromatic N) is 3. The van der Waals surface area contributed by atoms with Crippen LogP contribution in [-0.4, -0.2) is 14.8 Å². The Labute approximate surface area is 174 Å². The quantitative estimate of drug-likeness (QED) is 0.309. The number of aromatic nitrogens is 3. The van der Waals surface area contributed by atoms with Crippen molar-refractivity contribution in [2.45, 2.75) is 50.6 Å². The molecule has 0 saturated carbocycles. The van der Waals surface area contributed by atoms with Gasteiger partial charge in [-0.2, -0.15) is 0 Å². The number of benzene rings is 2. The molecule has 0 spiro atoms. The standard InChI is InChI=1S/C23H25N3S2/c1-4-12-26-22(19-13-21(16(2)3)27-15-19)24-25-23(26)28-14-18-10-7-9-17-8-5-6-11-20(17)18/h5-11,13,15-16H,4,12,14H2,1-3H3. The maximum Gasteiger partial charge on any atom is 0.191 e. The van der Waals surface area contributed by atoms with Crippen molar-refractivity contribution in [1.29, 1.82) is 0 Å². The summed E-state index contributed by atoms with van der Waals surface area (Å²) in [4.78, 5) is 1.39. The van der Waals surface area contributed by atoms with E-state index in [2.05, 4.69) is 89.4 Å². The molecular weight excluding hydrogens is 382 g/mol. The monoisotopic (exact) mass is 407 g/mol. The van der Waals surface area contributed by atoms with E-state index in [1.807, 2.05) is 11.3 Å². The smallest absolute Gasteiger partial charge is 0.191 e. The van der Waals surface area contributed by atoms with E-state index in [1.165, 1.54) is 26.8 Å². The summed E-state index contributed by atoms with van der Waals surface area (Å²) in [5.74, 6) is 2.43. The lowest BCUT2D eigenvalue weighted by Gasteiger charge is -2.09. The van der Waals surface area contributed by atoms with Crippen LogP contribution in [0.15, 0.2) is 59.1 Å². The fraction of sp³-hybridized carbons (Fsp3) is 0.304. The average molecular weight is 408 g/mol. The van der Waals surface area contributed by atoms with Gasteiger partial charge in [0.05, 0.1) is 0 Å². The summed E-state index contributed by atoms with van der Waals surface area (Å²) < 4.78 is 2.28. The van der Waals surface area contributed by atoms with Crippen LogP contribution in [0.4, 0.5) is 0 Å². The van der Waals surface area contributed by atoms with Gasteiger partial charge in [0.15, 0.2) is 11.0 Å². The third kappa shape index (κ3) is 3.87. The Kier molecular flexibility index (Phi) is 5.83. The summed E-state index contributed by atoms with van der Waals surface area (Å²) in [6, 6.07) is 17.4. The lowest BCUT2D eigenvalue weighted by molar-refractivity contribution is 0.626. The van der Waals surface area contributed by atoms with E-state index in [0.29, 0.717) is 5.92 Å². The normalized spacial score (nSPS) is 11.6. The molecule has 4 rings (SSSR count). The van der Waals surface area contributed by atoms with Gasteiger partial charge in [-0.05, 0) is 34.7 Å². The third-order valence-corrected chi connectivity index (χ3v) is 7.10. The Balaban J connectivity index is 1.61. The molecule has 2 aromatic heterocycles. The number of rotatable bonds is 7. The molecule has 0 N–H and O–H groups in total. The summed E-state index contributed by atoms with van der Waals surface area (Å²) >= 11 is 3.59. The molecule has 3 nitrogen and oxygen atoms in total. The molecule has 0 bridgehead atoms. The van der Waals surface area contributed by atoms with Crippen LogP contribution in [-0.2, 0) is 12.3 Å². The first kappa shape index (κ1) is 19.2. The summed E-state index contributed by atoms with van der Waals surface area (Å²) in [6.45, 7) is 7.61. The van der Waals surface area contributed by atoms with E-state index in [-0.39, 0.29) is 0 Å². The van der Waals surface area contributed by atoms with Crippen molar-refractivity contribution in [3.8, 4) is 11.4 Å². The summed E-state index contributed by atoms with van der Waals surface area (Å²) in [5.41, 5.74) is 2.53. The molecule has 28 heavy (non-hydrogen) atoms. The highest BCUT2D eigenvalue weighted by atomic mass is 32.2. The number of thiophene rings is 1. The van der Waals surface area contributed by atoms with Gasteiger partial charge in [0.25, 0.3) is 0 Å². The molecule has 5 heteroatoms. The second-order valence-corrected chi connectivity index (χ2v) is 9.16. The molecule has 144 valence electrons. The molecule has 0 unspecified atom stereocenters. The van der Waals surface area contributed by atoms with Gasteiger partial charge >= 0.3 is 0 Å². The zero-order valence-electron chi connectivity index (χ0n) is 16.6. The van der Waals surface area contributed by atoms with Crippen LogP contribution >= 0.6 is 23.1 Å². The Morgan fingerprint density at radius 1 is 1.07 bits per heavy atom. The fourth-order valence-corrected chi connectivity index (χ4v) is 5.24. The number of fused-ring (bicyclic) bond motifs is 1. The summed E-state index contributed by atoms with van der Waals surface area (Å²) in [6.07, 6.45) is 1.06. The van der Waals surface area contributed by atoms with Crippen molar-refractivity contribution in [3.63, 3.8) is 0 Å². The van der Waals surface area contributed by atoms with Crippen molar-refractivity contribution < 1.29 is 0 Å². The van der Waals surface area contributed by atoms with Gasteiger partial charge in [0.2, 0.25) is 0 Å². The van der Waals surface area contributed by atoms with E-state index in [0.717, 1.165) is 29.7 Å². The van der Waals surface area contributed by atoms with E-state index < -0.39 is 0 Å². The Morgan fingerprint density at radius 3 is 2.68 bits per heavy atom. The maximum atomic E-state index is 4.55. The SMILES string of the molecule is CCCn1c(SCc2cccc3ccccc23)nnc1-c1csc(C(C)C)c1. The van der Waals surface area contributed by atoms with Crippen LogP contribution < -0.4 is 0 Å². The van der Waals surface area contributed by atoms with Crippen molar-refractivity contribution in [2.75, 3.05) is 0 Å². The van der Waals surface area contributed by atoms with Crippen LogP contribution in [0.5, 0.6) is 0 Å². The molecule has 2 heterocycles. The first-order valence-electron chi connectivity index (χ1n) is 9.78. The third-order valence-electron chi connectivity index (χ3n) is 4.85. The zero-order chi connectivity index (χ0) is 19.5. The molecule has 0 fully saturated rings. The van der Waals surface area contributed by atoms with Gasteiger partial charge in [-0.1, -0.05) is 75.0 Å². The highest BCUT2D eigenvalue weighted by Gasteiger charge is 2.16. The zero-order valence-corrected chi connectivity index (χ0v) is 18.2. The average Bonchev–Trinajstić information content (AvgIpc) is 3.34. The molecular formula is C23H25N3S2. The van der Waals surface area contributed by atoms with E-state index in [1.54, 1.807) is 11.8 Å². The molecule has 0 saturated heterocycles. The molecule has 4 aromatic rings. The molecule has 0 atom stereocenters. The van der Waals surface area contributed by atoms with Crippen LogP contribution in [0, 0.1) is 0 Å². The van der Waals surface area contributed by atoms with Crippen LogP contribution in [0.2, 0.25) is 0 Å². The van der Waals surface area contributed by atoms with Crippen molar-refractivity contribution in [1.82, 2.24) is 14.8 Å². The van der Waals surface area contributed by atoms with Gasteiger partial charge in [0.1, 0.15) is 0 Å². The highest BCUT2D eigenvalue weighted by Crippen LogP contribution is 2.32. The second kappa shape index (κ2) is 8.50. The van der Waals surface area contributed by atoms with Gasteiger partial charge in [-0.15, -0.1) is 21.5 Å². The Hall–Kier alpha value is -2.11. The Morgan fingerprint density at radius 2 is 1.89 bits per heavy atom. The molecule has 0 radical (unpaired) electrons. The van der Waals surface area contributed by atoms with Crippen LogP contribution in [0.25, 0.3) is 22.2 Å². The number of thioether (sulfide) groups is 1. The number of hydrogen-bond acceptors (Lipinski definition) is 4. The molecule has 2 aromatic carbocycles. The predicted octanol–water partition coefficient (Wildman–Crippen LogP) is 6.99. The lowest BCUT2D eigenvalue weighted by Crippen LogP contribution is -2.01. The number of hydrogen-bond donors (Lipinski definition) is 0. The first-order valence-corrected chi connectivity index (χ1v) is 11.6. The fourth-order valence-electron chi connectivity index (χ4n) is 3.37. The van der Waals surface area contributed by atoms with Crippen LogP contribution in [0.3, 0.4) is 0 Å². The minimum Gasteiger partial charge on any atom is -0.302 e. The van der Waals surface area contributed by atoms with Gasteiger partial charge in [-0.3, -0.25) is 0 Å². The molecule has 0 amide bonds. The maximum absolute atomic E-state index is 4.55.